The summed E-state index contributed by atoms with van der Waals surface area (Å²) >= 11 is 1.81. The summed E-state index contributed by atoms with van der Waals surface area (Å²) in [5.41, 5.74) is 1.21. The molecule has 5 heteroatoms. The molecular formula is C13H20N4S. The summed E-state index contributed by atoms with van der Waals surface area (Å²) < 4.78 is 2.04. The Morgan fingerprint density at radius 3 is 2.89 bits per heavy atom. The minimum atomic E-state index is 0.429. The third kappa shape index (κ3) is 3.19. The molecule has 1 atom stereocenters. The fraction of sp³-hybridized carbons (Fsp3) is 0.462. The van der Waals surface area contributed by atoms with E-state index in [1.165, 1.54) is 10.6 Å². The number of rotatable bonds is 6. The molecule has 0 amide bonds. The normalized spacial score (nSPS) is 13.1. The summed E-state index contributed by atoms with van der Waals surface area (Å²) in [5, 5.41) is 5.63. The van der Waals surface area contributed by atoms with E-state index in [1.54, 1.807) is 0 Å². The van der Waals surface area contributed by atoms with Crippen molar-refractivity contribution in [2.24, 2.45) is 7.05 Å². The Balaban J connectivity index is 1.89. The van der Waals surface area contributed by atoms with E-state index in [2.05, 4.69) is 46.8 Å². The number of thiophene rings is 1. The number of nitrogens with one attached hydrogen (secondary N) is 1. The van der Waals surface area contributed by atoms with Crippen LogP contribution in [0, 0.1) is 0 Å². The zero-order valence-electron chi connectivity index (χ0n) is 11.1. The quantitative estimate of drug-likeness (QED) is 0.865. The van der Waals surface area contributed by atoms with E-state index in [0.29, 0.717) is 6.04 Å². The van der Waals surface area contributed by atoms with Crippen LogP contribution < -0.4 is 5.32 Å². The van der Waals surface area contributed by atoms with Crippen LogP contribution in [-0.4, -0.2) is 35.1 Å². The van der Waals surface area contributed by atoms with Gasteiger partial charge in [0.25, 0.3) is 0 Å². The van der Waals surface area contributed by atoms with E-state index in [9.17, 15) is 0 Å². The largest absolute Gasteiger partial charge is 0.337 e. The van der Waals surface area contributed by atoms with Crippen LogP contribution in [0.3, 0.4) is 0 Å². The molecule has 1 N–H and O–H groups in total. The third-order valence-electron chi connectivity index (χ3n) is 3.06. The second-order valence-corrected chi connectivity index (χ2v) is 5.60. The van der Waals surface area contributed by atoms with Crippen LogP contribution in [-0.2, 0) is 13.6 Å². The van der Waals surface area contributed by atoms with E-state index in [-0.39, 0.29) is 0 Å². The highest BCUT2D eigenvalue weighted by molar-refractivity contribution is 7.10. The molecule has 0 bridgehead atoms. The molecule has 98 valence electrons. The third-order valence-corrected chi connectivity index (χ3v) is 4.03. The van der Waals surface area contributed by atoms with Crippen LogP contribution >= 0.6 is 11.3 Å². The standard InChI is InChI=1S/C13H20N4S/c1-16(2)12(13-5-4-6-18-13)9-14-7-11-8-15-10-17(11)3/h4-6,8,10,12,14H,7,9H2,1-3H3. The highest BCUT2D eigenvalue weighted by Gasteiger charge is 2.14. The van der Waals surface area contributed by atoms with Crippen molar-refractivity contribution in [1.82, 2.24) is 19.8 Å². The average Bonchev–Trinajstić information content (AvgIpc) is 2.96. The van der Waals surface area contributed by atoms with Gasteiger partial charge in [-0.2, -0.15) is 0 Å². The van der Waals surface area contributed by atoms with Crippen LogP contribution in [0.5, 0.6) is 0 Å². The lowest BCUT2D eigenvalue weighted by molar-refractivity contribution is 0.292. The van der Waals surface area contributed by atoms with Gasteiger partial charge in [0.15, 0.2) is 0 Å². The van der Waals surface area contributed by atoms with Crippen LogP contribution in [0.25, 0.3) is 0 Å². The van der Waals surface area contributed by atoms with Crippen molar-refractivity contribution in [3.63, 3.8) is 0 Å². The molecule has 0 saturated heterocycles. The van der Waals surface area contributed by atoms with Crippen LogP contribution in [0.2, 0.25) is 0 Å². The molecule has 2 aromatic rings. The van der Waals surface area contributed by atoms with E-state index in [4.69, 9.17) is 0 Å². The number of imidazole rings is 1. The molecule has 2 rings (SSSR count). The number of aromatic nitrogens is 2. The van der Waals surface area contributed by atoms with Crippen molar-refractivity contribution in [2.75, 3.05) is 20.6 Å². The Kier molecular flexibility index (Phi) is 4.52. The maximum atomic E-state index is 4.12. The zero-order chi connectivity index (χ0) is 13.0. The first-order valence-corrected chi connectivity index (χ1v) is 6.92. The van der Waals surface area contributed by atoms with Gasteiger partial charge in [0.2, 0.25) is 0 Å². The van der Waals surface area contributed by atoms with Gasteiger partial charge in [-0.25, -0.2) is 4.98 Å². The average molecular weight is 264 g/mol. The van der Waals surface area contributed by atoms with Crippen molar-refractivity contribution in [3.05, 3.63) is 40.6 Å². The smallest absolute Gasteiger partial charge is 0.0945 e. The van der Waals surface area contributed by atoms with Gasteiger partial charge in [0.1, 0.15) is 0 Å². The first-order chi connectivity index (χ1) is 8.68. The zero-order valence-corrected chi connectivity index (χ0v) is 11.9. The van der Waals surface area contributed by atoms with E-state index in [1.807, 2.05) is 35.5 Å². The highest BCUT2D eigenvalue weighted by Crippen LogP contribution is 2.22. The molecule has 2 aromatic heterocycles. The van der Waals surface area contributed by atoms with Gasteiger partial charge in [-0.1, -0.05) is 6.07 Å². The summed E-state index contributed by atoms with van der Waals surface area (Å²) in [4.78, 5) is 7.77. The molecule has 2 heterocycles. The molecule has 1 unspecified atom stereocenters. The Hall–Kier alpha value is -1.17. The fourth-order valence-corrected chi connectivity index (χ4v) is 2.83. The predicted octanol–water partition coefficient (Wildman–Crippen LogP) is 1.87. The van der Waals surface area contributed by atoms with Crippen molar-refractivity contribution in [2.45, 2.75) is 12.6 Å². The molecule has 0 saturated carbocycles. The second kappa shape index (κ2) is 6.13. The molecule has 18 heavy (non-hydrogen) atoms. The minimum absolute atomic E-state index is 0.429. The number of nitrogens with zero attached hydrogens (tertiary/aromatic N) is 3. The molecule has 4 nitrogen and oxygen atoms in total. The predicted molar refractivity (Wildman–Crippen MR) is 75.7 cm³/mol. The maximum Gasteiger partial charge on any atom is 0.0945 e. The SMILES string of the molecule is CN(C)C(CNCc1cncn1C)c1cccs1. The number of aryl methyl sites for hydroxylation is 1. The minimum Gasteiger partial charge on any atom is -0.337 e. The van der Waals surface area contributed by atoms with Crippen molar-refractivity contribution >= 4 is 11.3 Å². The number of hydrogen-bond acceptors (Lipinski definition) is 4. The fourth-order valence-electron chi connectivity index (χ4n) is 1.91. The monoisotopic (exact) mass is 264 g/mol. The van der Waals surface area contributed by atoms with Gasteiger partial charge in [-0.15, -0.1) is 11.3 Å². The van der Waals surface area contributed by atoms with Gasteiger partial charge in [0.05, 0.1) is 18.1 Å². The molecule has 0 aliphatic rings. The topological polar surface area (TPSA) is 33.1 Å². The summed E-state index contributed by atoms with van der Waals surface area (Å²) in [6.07, 6.45) is 3.74. The van der Waals surface area contributed by atoms with Gasteiger partial charge in [0, 0.05) is 31.2 Å². The summed E-state index contributed by atoms with van der Waals surface area (Å²) in [5.74, 6) is 0. The van der Waals surface area contributed by atoms with E-state index >= 15 is 0 Å². The molecule has 0 fully saturated rings. The Morgan fingerprint density at radius 1 is 1.50 bits per heavy atom. The van der Waals surface area contributed by atoms with Crippen LogP contribution in [0.1, 0.15) is 16.6 Å². The summed E-state index contributed by atoms with van der Waals surface area (Å²) in [7, 11) is 6.26. The first kappa shape index (κ1) is 13.3. The number of hydrogen-bond donors (Lipinski definition) is 1. The lowest BCUT2D eigenvalue weighted by Crippen LogP contribution is -2.30. The van der Waals surface area contributed by atoms with Crippen molar-refractivity contribution in [1.29, 1.82) is 0 Å². The molecular weight excluding hydrogens is 244 g/mol. The molecule has 0 aliphatic heterocycles. The van der Waals surface area contributed by atoms with Gasteiger partial charge < -0.3 is 14.8 Å². The van der Waals surface area contributed by atoms with Crippen LogP contribution in [0.15, 0.2) is 30.0 Å². The number of likely N-dealkylation sites (N-methyl/N-ethyl adjacent to an activating group) is 1. The molecule has 0 aromatic carbocycles. The lowest BCUT2D eigenvalue weighted by Gasteiger charge is -2.23. The molecule has 0 radical (unpaired) electrons. The molecule has 0 aliphatic carbocycles. The van der Waals surface area contributed by atoms with E-state index in [0.717, 1.165) is 13.1 Å². The van der Waals surface area contributed by atoms with E-state index < -0.39 is 0 Å². The first-order valence-electron chi connectivity index (χ1n) is 6.04. The lowest BCUT2D eigenvalue weighted by atomic mass is 10.2. The second-order valence-electron chi connectivity index (χ2n) is 4.62. The Labute approximate surface area is 112 Å². The highest BCUT2D eigenvalue weighted by atomic mass is 32.1. The molecule has 0 spiro atoms. The van der Waals surface area contributed by atoms with Gasteiger partial charge in [-0.05, 0) is 25.5 Å². The van der Waals surface area contributed by atoms with Gasteiger partial charge >= 0.3 is 0 Å². The Bertz CT molecular complexity index is 461. The van der Waals surface area contributed by atoms with Crippen molar-refractivity contribution < 1.29 is 0 Å². The van der Waals surface area contributed by atoms with Crippen LogP contribution in [0.4, 0.5) is 0 Å². The summed E-state index contributed by atoms with van der Waals surface area (Å²) in [6.45, 7) is 1.80. The van der Waals surface area contributed by atoms with Gasteiger partial charge in [-0.3, -0.25) is 0 Å². The Morgan fingerprint density at radius 2 is 2.33 bits per heavy atom. The summed E-state index contributed by atoms with van der Waals surface area (Å²) in [6, 6.07) is 4.73. The van der Waals surface area contributed by atoms with Crippen molar-refractivity contribution in [3.8, 4) is 0 Å². The maximum absolute atomic E-state index is 4.12.